The van der Waals surface area contributed by atoms with Gasteiger partial charge in [0.05, 0.1) is 18.0 Å². The number of ether oxygens (including phenoxy) is 1. The Morgan fingerprint density at radius 3 is 3.04 bits per heavy atom. The van der Waals surface area contributed by atoms with E-state index >= 15 is 0 Å². The summed E-state index contributed by atoms with van der Waals surface area (Å²) in [4.78, 5) is 19.4. The van der Waals surface area contributed by atoms with Gasteiger partial charge in [-0.25, -0.2) is 4.98 Å². The Bertz CT molecular complexity index is 822. The number of aromatic nitrogens is 2. The largest absolute Gasteiger partial charge is 0.480 e. The molecule has 0 radical (unpaired) electrons. The fraction of sp³-hybridized carbons (Fsp3) is 0.471. The van der Waals surface area contributed by atoms with Crippen molar-refractivity contribution < 1.29 is 4.74 Å². The van der Waals surface area contributed by atoms with Crippen molar-refractivity contribution in [3.63, 3.8) is 0 Å². The van der Waals surface area contributed by atoms with Crippen LogP contribution in [0.4, 0.5) is 0 Å². The van der Waals surface area contributed by atoms with Gasteiger partial charge in [0.25, 0.3) is 5.56 Å². The van der Waals surface area contributed by atoms with Gasteiger partial charge in [-0.1, -0.05) is 6.92 Å². The van der Waals surface area contributed by atoms with E-state index in [1.165, 1.54) is 13.5 Å². The predicted molar refractivity (Wildman–Crippen MR) is 87.5 cm³/mol. The minimum Gasteiger partial charge on any atom is -0.480 e. The van der Waals surface area contributed by atoms with E-state index in [2.05, 4.69) is 16.8 Å². The number of methoxy groups -OCH3 is 1. The quantitative estimate of drug-likeness (QED) is 0.860. The van der Waals surface area contributed by atoms with E-state index in [1.54, 1.807) is 16.8 Å². The van der Waals surface area contributed by atoms with Gasteiger partial charge in [0.1, 0.15) is 11.6 Å². The fourth-order valence-electron chi connectivity index (χ4n) is 3.32. The zero-order chi connectivity index (χ0) is 16.4. The van der Waals surface area contributed by atoms with Gasteiger partial charge in [-0.2, -0.15) is 5.26 Å². The van der Waals surface area contributed by atoms with E-state index in [9.17, 15) is 10.1 Å². The summed E-state index contributed by atoms with van der Waals surface area (Å²) in [6, 6.07) is 5.82. The Morgan fingerprint density at radius 2 is 2.35 bits per heavy atom. The number of nitriles is 1. The molecule has 0 amide bonds. The van der Waals surface area contributed by atoms with Crippen molar-refractivity contribution in [2.45, 2.75) is 32.4 Å². The smallest absolute Gasteiger partial charge is 0.260 e. The van der Waals surface area contributed by atoms with E-state index in [1.807, 2.05) is 12.1 Å². The molecule has 1 fully saturated rings. The van der Waals surface area contributed by atoms with Crippen molar-refractivity contribution in [3.05, 3.63) is 34.2 Å². The monoisotopic (exact) mass is 312 g/mol. The van der Waals surface area contributed by atoms with Crippen LogP contribution in [0.15, 0.2) is 23.1 Å². The van der Waals surface area contributed by atoms with Crippen LogP contribution < -0.4 is 10.3 Å². The van der Waals surface area contributed by atoms with Gasteiger partial charge in [0, 0.05) is 18.8 Å². The van der Waals surface area contributed by atoms with Gasteiger partial charge in [-0.05, 0) is 38.1 Å². The van der Waals surface area contributed by atoms with Crippen molar-refractivity contribution in [1.29, 1.82) is 5.26 Å². The van der Waals surface area contributed by atoms with Gasteiger partial charge in [0.15, 0.2) is 0 Å². The first kappa shape index (κ1) is 15.5. The Kier molecular flexibility index (Phi) is 4.30. The maximum Gasteiger partial charge on any atom is 0.260 e. The van der Waals surface area contributed by atoms with Gasteiger partial charge in [-0.3, -0.25) is 9.69 Å². The first-order valence-corrected chi connectivity index (χ1v) is 7.90. The highest BCUT2D eigenvalue weighted by atomic mass is 16.5. The van der Waals surface area contributed by atoms with Crippen molar-refractivity contribution in [3.8, 4) is 11.9 Å². The lowest BCUT2D eigenvalue weighted by molar-refractivity contribution is 0.243. The highest BCUT2D eigenvalue weighted by Gasteiger charge is 2.23. The van der Waals surface area contributed by atoms with Crippen molar-refractivity contribution in [2.24, 2.45) is 0 Å². The number of rotatable bonds is 4. The molecule has 0 aromatic carbocycles. The third-order valence-corrected chi connectivity index (χ3v) is 4.55. The second-order valence-corrected chi connectivity index (χ2v) is 5.79. The zero-order valence-electron chi connectivity index (χ0n) is 13.5. The summed E-state index contributed by atoms with van der Waals surface area (Å²) in [6.07, 6.45) is 4.08. The molecule has 1 aliphatic rings. The van der Waals surface area contributed by atoms with Crippen molar-refractivity contribution in [2.75, 3.05) is 20.2 Å². The molecule has 2 aromatic rings. The zero-order valence-corrected chi connectivity index (χ0v) is 13.5. The molecular weight excluding hydrogens is 292 g/mol. The van der Waals surface area contributed by atoms with Crippen LogP contribution in [0.3, 0.4) is 0 Å². The van der Waals surface area contributed by atoms with Crippen molar-refractivity contribution >= 4 is 10.9 Å². The number of likely N-dealkylation sites (tertiary alicyclic amines) is 1. The summed E-state index contributed by atoms with van der Waals surface area (Å²) < 4.78 is 6.83. The highest BCUT2D eigenvalue weighted by Crippen LogP contribution is 2.21. The maximum atomic E-state index is 12.7. The molecule has 6 heteroatoms. The Morgan fingerprint density at radius 1 is 1.52 bits per heavy atom. The maximum absolute atomic E-state index is 12.7. The van der Waals surface area contributed by atoms with Crippen LogP contribution in [0, 0.1) is 11.3 Å². The molecule has 2 aromatic heterocycles. The van der Waals surface area contributed by atoms with Crippen LogP contribution in [-0.4, -0.2) is 40.7 Å². The standard InChI is InChI=1S/C17H20N4O2/c1-3-20-7-4-5-13(20)11-21-8-6-15-14(17(21)22)9-12(10-18)16(19-15)23-2/h6,8-9,13H,3-5,7,11H2,1-2H3/t13-/m1/s1. The molecule has 120 valence electrons. The van der Waals surface area contributed by atoms with Gasteiger partial charge in [-0.15, -0.1) is 0 Å². The summed E-state index contributed by atoms with van der Waals surface area (Å²) in [5, 5.41) is 9.64. The number of hydrogen-bond acceptors (Lipinski definition) is 5. The van der Waals surface area contributed by atoms with Crippen LogP contribution in [0.5, 0.6) is 5.88 Å². The van der Waals surface area contributed by atoms with Crippen molar-refractivity contribution in [1.82, 2.24) is 14.5 Å². The second kappa shape index (κ2) is 6.39. The molecule has 3 heterocycles. The summed E-state index contributed by atoms with van der Waals surface area (Å²) in [5.74, 6) is 0.255. The summed E-state index contributed by atoms with van der Waals surface area (Å²) >= 11 is 0. The number of nitrogens with zero attached hydrogens (tertiary/aromatic N) is 4. The molecule has 1 aliphatic heterocycles. The number of fused-ring (bicyclic) bond motifs is 1. The van der Waals surface area contributed by atoms with Crippen LogP contribution in [0.25, 0.3) is 10.9 Å². The van der Waals surface area contributed by atoms with Crippen LogP contribution in [0.2, 0.25) is 0 Å². The average molecular weight is 312 g/mol. The molecule has 1 saturated heterocycles. The average Bonchev–Trinajstić information content (AvgIpc) is 3.03. The number of likely N-dealkylation sites (N-methyl/N-ethyl adjacent to an activating group) is 1. The van der Waals surface area contributed by atoms with Gasteiger partial charge < -0.3 is 9.30 Å². The number of pyridine rings is 2. The van der Waals surface area contributed by atoms with E-state index in [0.29, 0.717) is 23.5 Å². The third kappa shape index (κ3) is 2.80. The Balaban J connectivity index is 2.02. The summed E-state index contributed by atoms with van der Waals surface area (Å²) in [7, 11) is 1.47. The van der Waals surface area contributed by atoms with E-state index in [-0.39, 0.29) is 17.0 Å². The molecule has 6 nitrogen and oxygen atoms in total. The van der Waals surface area contributed by atoms with E-state index in [0.717, 1.165) is 19.5 Å². The normalized spacial score (nSPS) is 18.2. The van der Waals surface area contributed by atoms with E-state index < -0.39 is 0 Å². The minimum atomic E-state index is -0.0999. The molecule has 0 N–H and O–H groups in total. The number of hydrogen-bond donors (Lipinski definition) is 0. The fourth-order valence-corrected chi connectivity index (χ4v) is 3.32. The molecule has 23 heavy (non-hydrogen) atoms. The summed E-state index contributed by atoms with van der Waals surface area (Å²) in [5.41, 5.74) is 0.740. The second-order valence-electron chi connectivity index (χ2n) is 5.79. The van der Waals surface area contributed by atoms with Gasteiger partial charge in [0.2, 0.25) is 5.88 Å². The molecule has 0 unspecified atom stereocenters. The van der Waals surface area contributed by atoms with Gasteiger partial charge >= 0.3 is 0 Å². The predicted octanol–water partition coefficient (Wildman–Crippen LogP) is 1.76. The molecule has 1 atom stereocenters. The summed E-state index contributed by atoms with van der Waals surface area (Å²) in [6.45, 7) is 4.93. The Hall–Kier alpha value is -2.39. The highest BCUT2D eigenvalue weighted by molar-refractivity contribution is 5.79. The first-order valence-electron chi connectivity index (χ1n) is 7.90. The lowest BCUT2D eigenvalue weighted by Crippen LogP contribution is -2.35. The van der Waals surface area contributed by atoms with Crippen LogP contribution in [0.1, 0.15) is 25.3 Å². The van der Waals surface area contributed by atoms with Crippen LogP contribution >= 0.6 is 0 Å². The Labute approximate surface area is 134 Å². The molecule has 3 rings (SSSR count). The molecule has 0 spiro atoms. The lowest BCUT2D eigenvalue weighted by Gasteiger charge is -2.23. The first-order chi connectivity index (χ1) is 11.2. The third-order valence-electron chi connectivity index (χ3n) is 4.55. The topological polar surface area (TPSA) is 71.2 Å². The molecule has 0 saturated carbocycles. The molecule has 0 aliphatic carbocycles. The minimum absolute atomic E-state index is 0.0999. The molecular formula is C17H20N4O2. The SMILES string of the molecule is CCN1CCC[C@@H]1Cn1ccc2nc(OC)c(C#N)cc2c1=O. The van der Waals surface area contributed by atoms with Crippen LogP contribution in [-0.2, 0) is 6.54 Å². The van der Waals surface area contributed by atoms with E-state index in [4.69, 9.17) is 4.74 Å². The lowest BCUT2D eigenvalue weighted by atomic mass is 10.2. The molecule has 0 bridgehead atoms.